The van der Waals surface area contributed by atoms with Gasteiger partial charge in [0.15, 0.2) is 5.78 Å². The van der Waals surface area contributed by atoms with Gasteiger partial charge < -0.3 is 9.47 Å². The van der Waals surface area contributed by atoms with Gasteiger partial charge in [-0.25, -0.2) is 0 Å². The van der Waals surface area contributed by atoms with Gasteiger partial charge in [0.25, 0.3) is 0 Å². The molecule has 1 rings (SSSR count). The van der Waals surface area contributed by atoms with Crippen molar-refractivity contribution >= 4 is 5.78 Å². The number of rotatable bonds is 5. The summed E-state index contributed by atoms with van der Waals surface area (Å²) in [5.41, 5.74) is -0.432. The van der Waals surface area contributed by atoms with E-state index in [1.54, 1.807) is 0 Å². The van der Waals surface area contributed by atoms with E-state index in [9.17, 15) is 4.79 Å². The maximum atomic E-state index is 11.9. The molecule has 1 aliphatic rings. The molecule has 88 valence electrons. The summed E-state index contributed by atoms with van der Waals surface area (Å²) in [7, 11) is 0. The number of hydrogen-bond acceptors (Lipinski definition) is 4. The average Bonchev–Trinajstić information content (AvgIpc) is 2.27. The number of ether oxygens (including phenoxy) is 2. The summed E-state index contributed by atoms with van der Waals surface area (Å²) in [5, 5.41) is 0. The Morgan fingerprint density at radius 3 is 2.53 bits per heavy atom. The van der Waals surface area contributed by atoms with Crippen molar-refractivity contribution in [1.82, 2.24) is 4.90 Å². The second-order valence-corrected chi connectivity index (χ2v) is 4.22. The Bertz CT molecular complexity index is 210. The van der Waals surface area contributed by atoms with Gasteiger partial charge in [0.1, 0.15) is 6.61 Å². The molecular weight excluding hydrogens is 194 g/mol. The molecule has 0 aromatic heterocycles. The molecule has 4 nitrogen and oxygen atoms in total. The zero-order valence-electron chi connectivity index (χ0n) is 9.91. The van der Waals surface area contributed by atoms with Gasteiger partial charge in [-0.05, 0) is 20.8 Å². The first-order valence-electron chi connectivity index (χ1n) is 5.53. The molecule has 0 aromatic carbocycles. The maximum absolute atomic E-state index is 11.9. The van der Waals surface area contributed by atoms with Crippen molar-refractivity contribution in [2.24, 2.45) is 0 Å². The van der Waals surface area contributed by atoms with E-state index >= 15 is 0 Å². The minimum atomic E-state index is -0.432. The summed E-state index contributed by atoms with van der Waals surface area (Å²) in [6.45, 7) is 9.69. The van der Waals surface area contributed by atoms with Crippen LogP contribution in [-0.4, -0.2) is 55.7 Å². The highest BCUT2D eigenvalue weighted by Crippen LogP contribution is 2.17. The van der Waals surface area contributed by atoms with E-state index in [1.165, 1.54) is 0 Å². The lowest BCUT2D eigenvalue weighted by Crippen LogP contribution is -2.55. The van der Waals surface area contributed by atoms with Crippen molar-refractivity contribution in [1.29, 1.82) is 0 Å². The highest BCUT2D eigenvalue weighted by Gasteiger charge is 2.34. The SMILES string of the molecule is CCOCC(=O)C(C)(C)N1CCOCC1. The monoisotopic (exact) mass is 215 g/mol. The third-order valence-electron chi connectivity index (χ3n) is 2.92. The molecule has 1 heterocycles. The van der Waals surface area contributed by atoms with Crippen molar-refractivity contribution in [2.45, 2.75) is 26.3 Å². The standard InChI is InChI=1S/C11H21NO3/c1-4-14-9-10(13)11(2,3)12-5-7-15-8-6-12/h4-9H2,1-3H3. The Hall–Kier alpha value is -0.450. The molecule has 15 heavy (non-hydrogen) atoms. The van der Waals surface area contributed by atoms with Crippen molar-refractivity contribution in [2.75, 3.05) is 39.5 Å². The zero-order valence-corrected chi connectivity index (χ0v) is 9.91. The fourth-order valence-corrected chi connectivity index (χ4v) is 1.67. The first kappa shape index (κ1) is 12.6. The fraction of sp³-hybridized carbons (Fsp3) is 0.909. The molecule has 0 unspecified atom stereocenters. The van der Waals surface area contributed by atoms with Gasteiger partial charge >= 0.3 is 0 Å². The number of ketones is 1. The summed E-state index contributed by atoms with van der Waals surface area (Å²) < 4.78 is 10.4. The molecule has 4 heteroatoms. The van der Waals surface area contributed by atoms with Crippen LogP contribution in [0.25, 0.3) is 0 Å². The van der Waals surface area contributed by atoms with Crippen LogP contribution in [0.3, 0.4) is 0 Å². The summed E-state index contributed by atoms with van der Waals surface area (Å²) in [5.74, 6) is 0.145. The first-order chi connectivity index (χ1) is 7.09. The smallest absolute Gasteiger partial charge is 0.178 e. The van der Waals surface area contributed by atoms with Crippen LogP contribution < -0.4 is 0 Å². The lowest BCUT2D eigenvalue weighted by molar-refractivity contribution is -0.136. The number of carbonyl (C=O) groups is 1. The first-order valence-corrected chi connectivity index (χ1v) is 5.53. The topological polar surface area (TPSA) is 38.8 Å². The molecule has 1 saturated heterocycles. The number of Topliss-reactive ketones (excluding diaryl/α,β-unsaturated/α-hetero) is 1. The minimum Gasteiger partial charge on any atom is -0.379 e. The van der Waals surface area contributed by atoms with Crippen LogP contribution in [0.1, 0.15) is 20.8 Å². The van der Waals surface area contributed by atoms with Gasteiger partial charge in [0.05, 0.1) is 18.8 Å². The van der Waals surface area contributed by atoms with Crippen molar-refractivity contribution < 1.29 is 14.3 Å². The summed E-state index contributed by atoms with van der Waals surface area (Å²) in [6.07, 6.45) is 0. The predicted octanol–water partition coefficient (Wildman–Crippen LogP) is 0.703. The molecule has 0 aliphatic carbocycles. The molecule has 0 radical (unpaired) electrons. The van der Waals surface area contributed by atoms with Crippen LogP contribution in [0.15, 0.2) is 0 Å². The third-order valence-corrected chi connectivity index (χ3v) is 2.92. The zero-order chi connectivity index (χ0) is 11.3. The largest absolute Gasteiger partial charge is 0.379 e. The highest BCUT2D eigenvalue weighted by molar-refractivity contribution is 5.88. The number of morpholine rings is 1. The molecule has 0 N–H and O–H groups in total. The van der Waals surface area contributed by atoms with Crippen LogP contribution in [0.5, 0.6) is 0 Å². The van der Waals surface area contributed by atoms with Crippen LogP contribution in [-0.2, 0) is 14.3 Å². The average molecular weight is 215 g/mol. The fourth-order valence-electron chi connectivity index (χ4n) is 1.67. The number of hydrogen-bond donors (Lipinski definition) is 0. The number of carbonyl (C=O) groups excluding carboxylic acids is 1. The van der Waals surface area contributed by atoms with Gasteiger partial charge in [-0.2, -0.15) is 0 Å². The van der Waals surface area contributed by atoms with E-state index in [2.05, 4.69) is 4.90 Å². The van der Waals surface area contributed by atoms with Gasteiger partial charge in [0.2, 0.25) is 0 Å². The Kier molecular flexibility index (Phi) is 4.70. The summed E-state index contributed by atoms with van der Waals surface area (Å²) in [6, 6.07) is 0. The van der Waals surface area contributed by atoms with E-state index in [0.717, 1.165) is 13.1 Å². The molecule has 0 bridgehead atoms. The van der Waals surface area contributed by atoms with Crippen LogP contribution in [0, 0.1) is 0 Å². The predicted molar refractivity (Wildman–Crippen MR) is 58.0 cm³/mol. The van der Waals surface area contributed by atoms with Gasteiger partial charge in [0, 0.05) is 19.7 Å². The van der Waals surface area contributed by atoms with Crippen molar-refractivity contribution in [3.8, 4) is 0 Å². The molecule has 0 aromatic rings. The number of nitrogens with zero attached hydrogens (tertiary/aromatic N) is 1. The van der Waals surface area contributed by atoms with E-state index in [1.807, 2.05) is 20.8 Å². The Balaban J connectivity index is 2.51. The summed E-state index contributed by atoms with van der Waals surface area (Å²) >= 11 is 0. The van der Waals surface area contributed by atoms with Crippen LogP contribution >= 0.6 is 0 Å². The van der Waals surface area contributed by atoms with E-state index in [-0.39, 0.29) is 12.4 Å². The van der Waals surface area contributed by atoms with Crippen molar-refractivity contribution in [3.05, 3.63) is 0 Å². The van der Waals surface area contributed by atoms with Crippen LogP contribution in [0.4, 0.5) is 0 Å². The molecule has 0 atom stereocenters. The molecule has 0 amide bonds. The third kappa shape index (κ3) is 3.26. The second kappa shape index (κ2) is 5.58. The van der Waals surface area contributed by atoms with E-state index in [0.29, 0.717) is 19.8 Å². The normalized spacial score (nSPS) is 19.1. The molecule has 1 fully saturated rings. The Morgan fingerprint density at radius 1 is 1.40 bits per heavy atom. The quantitative estimate of drug-likeness (QED) is 0.677. The molecule has 0 spiro atoms. The van der Waals surface area contributed by atoms with Crippen molar-refractivity contribution in [3.63, 3.8) is 0 Å². The van der Waals surface area contributed by atoms with Gasteiger partial charge in [-0.1, -0.05) is 0 Å². The molecule has 0 saturated carbocycles. The van der Waals surface area contributed by atoms with E-state index < -0.39 is 5.54 Å². The Morgan fingerprint density at radius 2 is 2.00 bits per heavy atom. The molecule has 1 aliphatic heterocycles. The Labute approximate surface area is 91.5 Å². The summed E-state index contributed by atoms with van der Waals surface area (Å²) in [4.78, 5) is 14.1. The van der Waals surface area contributed by atoms with Gasteiger partial charge in [-0.15, -0.1) is 0 Å². The minimum absolute atomic E-state index is 0.145. The lowest BCUT2D eigenvalue weighted by Gasteiger charge is -2.39. The van der Waals surface area contributed by atoms with Gasteiger partial charge in [-0.3, -0.25) is 9.69 Å². The highest BCUT2D eigenvalue weighted by atomic mass is 16.5. The maximum Gasteiger partial charge on any atom is 0.178 e. The molecular formula is C11H21NO3. The lowest BCUT2D eigenvalue weighted by atomic mass is 9.96. The van der Waals surface area contributed by atoms with Crippen LogP contribution in [0.2, 0.25) is 0 Å². The van der Waals surface area contributed by atoms with E-state index in [4.69, 9.17) is 9.47 Å². The second-order valence-electron chi connectivity index (χ2n) is 4.22.